The Morgan fingerprint density at radius 3 is 1.37 bits per heavy atom. The van der Waals surface area contributed by atoms with Crippen molar-refractivity contribution in [2.75, 3.05) is 37.7 Å². The first kappa shape index (κ1) is 93.6. The number of fused-ring (bicyclic) bond motifs is 1. The van der Waals surface area contributed by atoms with Crippen molar-refractivity contribution in [2.24, 2.45) is 22.9 Å². The molecule has 630 valence electrons. The second-order valence-corrected chi connectivity index (χ2v) is 30.3. The number of phenolic OH excluding ortho intramolecular Hbond substituents is 1. The monoisotopic (exact) mass is 1650 g/mol. The fourth-order valence-electron chi connectivity index (χ4n) is 12.0. The van der Waals surface area contributed by atoms with Gasteiger partial charge in [0.2, 0.25) is 82.7 Å². The van der Waals surface area contributed by atoms with Gasteiger partial charge in [-0.3, -0.25) is 67.1 Å². The molecule has 0 saturated carbocycles. The molecule has 1 fully saturated rings. The quantitative estimate of drug-likeness (QED) is 0.0182. The molecule has 6 rings (SSSR count). The van der Waals surface area contributed by atoms with Gasteiger partial charge in [-0.15, -0.1) is 0 Å². The van der Waals surface area contributed by atoms with Crippen molar-refractivity contribution in [1.29, 1.82) is 0 Å². The Bertz CT molecular complexity index is 4180. The zero-order valence-electron chi connectivity index (χ0n) is 64.1. The van der Waals surface area contributed by atoms with Gasteiger partial charge in [0.25, 0.3) is 0 Å². The molecule has 1 aromatic heterocycles. The number of phenols is 1. The number of aliphatic carboxylic acids is 1. The van der Waals surface area contributed by atoms with Crippen LogP contribution in [0.3, 0.4) is 0 Å². The molecule has 4 aromatic carbocycles. The molecule has 1 saturated heterocycles. The number of aliphatic hydroxyl groups is 3. The van der Waals surface area contributed by atoms with Gasteiger partial charge in [-0.25, -0.2) is 4.79 Å². The minimum Gasteiger partial charge on any atom is -0.508 e. The normalized spacial score (nSPS) is 23.6. The third-order valence-corrected chi connectivity index (χ3v) is 20.8. The van der Waals surface area contributed by atoms with Crippen LogP contribution >= 0.6 is 21.6 Å². The highest BCUT2D eigenvalue weighted by Crippen LogP contribution is 2.25. The Balaban J connectivity index is 1.48. The number of carbonyl (C=O) groups excluding carboxylic acids is 14. The Morgan fingerprint density at radius 1 is 0.483 bits per heavy atom. The average Bonchev–Trinajstić information content (AvgIpc) is 1.65. The number of nitrogens with one attached hydrogen (secondary N) is 14. The lowest BCUT2D eigenvalue weighted by Crippen LogP contribution is -2.63. The molecule has 0 radical (unpaired) electrons. The second-order valence-electron chi connectivity index (χ2n) is 27.8. The summed E-state index contributed by atoms with van der Waals surface area (Å²) in [5.41, 5.74) is 25.4. The number of aromatic hydroxyl groups is 1. The Kier molecular flexibility index (Phi) is 38.4. The number of hydrogen-bond acceptors (Lipinski definition) is 24. The summed E-state index contributed by atoms with van der Waals surface area (Å²) in [5.74, 6) is -18.3. The number of H-pyrrole nitrogens is 1. The van der Waals surface area contributed by atoms with Gasteiger partial charge in [0.05, 0.1) is 37.8 Å². The first-order chi connectivity index (χ1) is 55.3. The van der Waals surface area contributed by atoms with Crippen molar-refractivity contribution in [3.63, 3.8) is 0 Å². The van der Waals surface area contributed by atoms with Crippen LogP contribution in [0.2, 0.25) is 0 Å². The predicted octanol–water partition coefficient (Wildman–Crippen LogP) is -5.21. The van der Waals surface area contributed by atoms with E-state index in [-0.39, 0.29) is 70.2 Å². The SMILES string of the molecule is C[C@H](N)C(=O)NCC(=O)N[C@H]1CSSC[C@@H](C(=O)O)NC(=O)[C@H](CO)NC(=O)[C@H]([C@@H](C)O)NC(=O)[C@H](Cc2ccccc2)NC(=O)[C@H]([C@@H](C)O)NC(=O)[C@H](CCCCN)NC(=O)[C@H](Cc2c[nH]c3ccccc23)NC(=O)[C@H](Cc2ccccc2)NC(=O)[C@H](Cc2ccc(O)cc2)NC(=O)[C@H](CC(N)=O)NC(=O)[C@H](CCCCN)NC1=O. The second kappa shape index (κ2) is 47.6. The Morgan fingerprint density at radius 2 is 0.888 bits per heavy atom. The summed E-state index contributed by atoms with van der Waals surface area (Å²) in [4.78, 5) is 217. The van der Waals surface area contributed by atoms with Crippen LogP contribution in [0.15, 0.2) is 115 Å². The van der Waals surface area contributed by atoms with Crippen LogP contribution in [-0.4, -0.2) is 248 Å². The maximum absolute atomic E-state index is 15.4. The number of para-hydroxylation sites is 1. The molecule has 2 heterocycles. The summed E-state index contributed by atoms with van der Waals surface area (Å²) in [7, 11) is 1.47. The number of aromatic amines is 1. The predicted molar refractivity (Wildman–Crippen MR) is 427 cm³/mol. The molecule has 116 heavy (non-hydrogen) atoms. The van der Waals surface area contributed by atoms with E-state index >= 15 is 14.4 Å². The van der Waals surface area contributed by atoms with Gasteiger partial charge in [-0.1, -0.05) is 113 Å². The minimum absolute atomic E-state index is 0.0896. The zero-order chi connectivity index (χ0) is 85.1. The van der Waals surface area contributed by atoms with E-state index < -0.39 is 217 Å². The number of amides is 14. The van der Waals surface area contributed by atoms with Crippen molar-refractivity contribution in [2.45, 2.75) is 182 Å². The summed E-state index contributed by atoms with van der Waals surface area (Å²) in [6.45, 7) is 1.81. The van der Waals surface area contributed by atoms with Crippen molar-refractivity contribution in [1.82, 2.24) is 74.1 Å². The lowest BCUT2D eigenvalue weighted by Gasteiger charge is -2.29. The number of carboxylic acids is 1. The van der Waals surface area contributed by atoms with Gasteiger partial charge in [0.15, 0.2) is 0 Å². The smallest absolute Gasteiger partial charge is 0.327 e. The van der Waals surface area contributed by atoms with E-state index in [1.807, 2.05) is 0 Å². The van der Waals surface area contributed by atoms with Crippen molar-refractivity contribution in [3.8, 4) is 5.75 Å². The Hall–Kier alpha value is -11.3. The van der Waals surface area contributed by atoms with E-state index in [2.05, 4.69) is 74.1 Å². The number of rotatable bonds is 26. The lowest BCUT2D eigenvalue weighted by molar-refractivity contribution is -0.142. The number of nitrogens with two attached hydrogens (primary N) is 4. The summed E-state index contributed by atoms with van der Waals surface area (Å²) in [5, 5.41) is 86.1. The average molecular weight is 1650 g/mol. The standard InChI is InChI=1S/C76H104N18O20S2/c1-40(79)64(101)82-36-61(100)83-58-38-115-116-39-59(76(113)114)92-72(109)57(37-95)91-75(112)63(42(3)97)94-71(108)54(31-44-18-8-5-9-19-44)90-74(111)62(41(2)96)93-66(103)51(23-13-15-29-78)84-69(106)55(33-46-35-81-49-21-11-10-20-48(46)49)88-68(105)52(30-43-16-6-4-7-17-43)86-67(104)53(32-45-24-26-47(98)27-25-45)87-70(107)56(34-60(80)99)89-65(102)50(85-73(58)110)22-12-14-28-77/h4-11,16-21,24-27,35,40-42,50-59,62-63,81,95-98H,12-15,22-23,28-34,36-39,77-79H2,1-3H3,(H2,80,99)(H,82,101)(H,83,100)(H,84,106)(H,85,110)(H,86,104)(H,87,107)(H,88,105)(H,89,102)(H,90,111)(H,91,112)(H,92,109)(H,93,103)(H,94,108)(H,113,114)/t40-,41+,42+,50-,51-,52-,53-,54-,55-,56-,57-,58-,59-,62-,63-/m0/s1. The number of unbranched alkanes of at least 4 members (excludes halogenated alkanes) is 2. The van der Waals surface area contributed by atoms with Crippen LogP contribution in [0.1, 0.15) is 88.0 Å². The maximum atomic E-state index is 15.4. The molecule has 14 amide bonds. The van der Waals surface area contributed by atoms with Gasteiger partial charge < -0.3 is 123 Å². The van der Waals surface area contributed by atoms with Crippen LogP contribution < -0.4 is 92.1 Å². The van der Waals surface area contributed by atoms with E-state index in [0.717, 1.165) is 35.4 Å². The van der Waals surface area contributed by atoms with E-state index in [1.165, 1.54) is 31.2 Å². The molecular weight excluding hydrogens is 1550 g/mol. The molecular formula is C76H104N18O20S2. The highest BCUT2D eigenvalue weighted by molar-refractivity contribution is 8.76. The number of hydrogen-bond donors (Lipinski definition) is 23. The van der Waals surface area contributed by atoms with Crippen LogP contribution in [0.25, 0.3) is 10.9 Å². The number of aromatic nitrogens is 1. The molecule has 1 aliphatic heterocycles. The fraction of sp³-hybridized carbons (Fsp3) is 0.461. The molecule has 0 unspecified atom stereocenters. The summed E-state index contributed by atoms with van der Waals surface area (Å²) >= 11 is 0. The third kappa shape index (κ3) is 30.5. The molecule has 0 spiro atoms. The number of aliphatic hydroxyl groups excluding tert-OH is 3. The van der Waals surface area contributed by atoms with Crippen LogP contribution in [-0.2, 0) is 97.6 Å². The van der Waals surface area contributed by atoms with Crippen LogP contribution in [0.5, 0.6) is 5.75 Å². The van der Waals surface area contributed by atoms with E-state index in [4.69, 9.17) is 22.9 Å². The lowest BCUT2D eigenvalue weighted by atomic mass is 10.00. The number of primary amides is 1. The number of carboxylic acid groups (broad SMARTS) is 1. The molecule has 0 bridgehead atoms. The molecule has 38 nitrogen and oxygen atoms in total. The van der Waals surface area contributed by atoms with E-state index in [0.29, 0.717) is 39.6 Å². The van der Waals surface area contributed by atoms with Gasteiger partial charge in [0.1, 0.15) is 78.3 Å². The molecule has 27 N–H and O–H groups in total. The van der Waals surface area contributed by atoms with Crippen LogP contribution in [0.4, 0.5) is 0 Å². The Labute approximate surface area is 675 Å². The van der Waals surface area contributed by atoms with Crippen molar-refractivity contribution >= 4 is 121 Å². The third-order valence-electron chi connectivity index (χ3n) is 18.4. The molecule has 1 aliphatic rings. The maximum Gasteiger partial charge on any atom is 0.327 e. The topological polar surface area (TPSA) is 633 Å². The summed E-state index contributed by atoms with van der Waals surface area (Å²) in [6, 6.07) is 6.27. The molecule has 0 aliphatic carbocycles. The summed E-state index contributed by atoms with van der Waals surface area (Å²) in [6.07, 6.45) is -3.81. The fourth-order valence-corrected chi connectivity index (χ4v) is 14.3. The largest absolute Gasteiger partial charge is 0.508 e. The van der Waals surface area contributed by atoms with Gasteiger partial charge in [-0.05, 0) is 113 Å². The minimum atomic E-state index is -1.99. The zero-order valence-corrected chi connectivity index (χ0v) is 65.8. The van der Waals surface area contributed by atoms with Crippen LogP contribution in [0, 0.1) is 0 Å². The van der Waals surface area contributed by atoms with Gasteiger partial charge >= 0.3 is 5.97 Å². The number of benzene rings is 4. The molecule has 5 aromatic rings. The van der Waals surface area contributed by atoms with E-state index in [1.54, 1.807) is 91.1 Å². The van der Waals surface area contributed by atoms with Crippen molar-refractivity contribution in [3.05, 3.63) is 138 Å². The molecule has 15 atom stereocenters. The van der Waals surface area contributed by atoms with Crippen molar-refractivity contribution < 1.29 is 97.5 Å². The highest BCUT2D eigenvalue weighted by atomic mass is 33.1. The molecule has 40 heteroatoms. The highest BCUT2D eigenvalue weighted by Gasteiger charge is 2.40. The summed E-state index contributed by atoms with van der Waals surface area (Å²) < 4.78 is 0. The van der Waals surface area contributed by atoms with Gasteiger partial charge in [0, 0.05) is 54.3 Å². The van der Waals surface area contributed by atoms with E-state index in [9.17, 15) is 83.1 Å². The first-order valence-corrected chi connectivity index (χ1v) is 40.0. The number of carbonyl (C=O) groups is 15. The van der Waals surface area contributed by atoms with Gasteiger partial charge in [-0.2, -0.15) is 0 Å². The first-order valence-electron chi connectivity index (χ1n) is 37.5.